The lowest BCUT2D eigenvalue weighted by molar-refractivity contribution is -0.130. The predicted molar refractivity (Wildman–Crippen MR) is 113 cm³/mol. The SMILES string of the molecule is COc1ccc(C[C@H](N)C(=O)N[C@H](C(=O)N[C@@H](CC(C)C)B(O)O)C(C)C)cc1. The normalized spacial score (nSPS) is 14.3. The molecule has 9 heteroatoms. The summed E-state index contributed by atoms with van der Waals surface area (Å²) in [6, 6.07) is 5.58. The van der Waals surface area contributed by atoms with Crippen molar-refractivity contribution < 1.29 is 24.4 Å². The van der Waals surface area contributed by atoms with Gasteiger partial charge in [0.05, 0.1) is 19.1 Å². The van der Waals surface area contributed by atoms with Crippen LogP contribution >= 0.6 is 0 Å². The van der Waals surface area contributed by atoms with Gasteiger partial charge in [0.15, 0.2) is 0 Å². The third-order valence-electron chi connectivity index (χ3n) is 4.61. The molecule has 6 N–H and O–H groups in total. The number of hydrogen-bond donors (Lipinski definition) is 5. The fourth-order valence-electron chi connectivity index (χ4n) is 2.94. The lowest BCUT2D eigenvalue weighted by Gasteiger charge is -2.27. The van der Waals surface area contributed by atoms with Gasteiger partial charge in [-0.1, -0.05) is 39.8 Å². The number of carbonyl (C=O) groups excluding carboxylic acids is 2. The van der Waals surface area contributed by atoms with E-state index in [9.17, 15) is 19.6 Å². The fraction of sp³-hybridized carbons (Fsp3) is 0.600. The van der Waals surface area contributed by atoms with Crippen LogP contribution in [0.1, 0.15) is 39.7 Å². The highest BCUT2D eigenvalue weighted by Crippen LogP contribution is 2.13. The van der Waals surface area contributed by atoms with Gasteiger partial charge in [0.25, 0.3) is 0 Å². The molecule has 1 aromatic carbocycles. The Bertz CT molecular complexity index is 652. The molecule has 1 aromatic rings. The number of ether oxygens (including phenoxy) is 1. The predicted octanol–water partition coefficient (Wildman–Crippen LogP) is 0.249. The first-order chi connectivity index (χ1) is 13.5. The van der Waals surface area contributed by atoms with E-state index in [2.05, 4.69) is 10.6 Å². The van der Waals surface area contributed by atoms with Gasteiger partial charge in [-0.2, -0.15) is 0 Å². The Morgan fingerprint density at radius 1 is 1.07 bits per heavy atom. The Labute approximate surface area is 173 Å². The Kier molecular flexibility index (Phi) is 10.1. The van der Waals surface area contributed by atoms with Crippen molar-refractivity contribution in [3.05, 3.63) is 29.8 Å². The molecule has 0 radical (unpaired) electrons. The lowest BCUT2D eigenvalue weighted by atomic mass is 9.75. The van der Waals surface area contributed by atoms with E-state index in [-0.39, 0.29) is 11.8 Å². The minimum atomic E-state index is -1.68. The van der Waals surface area contributed by atoms with Crippen molar-refractivity contribution in [1.29, 1.82) is 0 Å². The summed E-state index contributed by atoms with van der Waals surface area (Å²) >= 11 is 0. The van der Waals surface area contributed by atoms with Gasteiger partial charge < -0.3 is 31.2 Å². The molecule has 0 saturated heterocycles. The van der Waals surface area contributed by atoms with Crippen molar-refractivity contribution in [3.63, 3.8) is 0 Å². The van der Waals surface area contributed by atoms with Crippen molar-refractivity contribution in [2.45, 2.75) is 58.6 Å². The zero-order valence-corrected chi connectivity index (χ0v) is 17.9. The van der Waals surface area contributed by atoms with Crippen molar-refractivity contribution in [2.24, 2.45) is 17.6 Å². The van der Waals surface area contributed by atoms with E-state index < -0.39 is 37.0 Å². The Balaban J connectivity index is 2.74. The van der Waals surface area contributed by atoms with Crippen molar-refractivity contribution >= 4 is 18.9 Å². The van der Waals surface area contributed by atoms with Crippen molar-refractivity contribution in [3.8, 4) is 5.75 Å². The minimum absolute atomic E-state index is 0.159. The maximum atomic E-state index is 12.7. The van der Waals surface area contributed by atoms with Crippen LogP contribution in [0.25, 0.3) is 0 Å². The Morgan fingerprint density at radius 3 is 2.10 bits per heavy atom. The molecule has 8 nitrogen and oxygen atoms in total. The second-order valence-electron chi connectivity index (χ2n) is 8.05. The molecular weight excluding hydrogens is 373 g/mol. The number of amides is 2. The Morgan fingerprint density at radius 2 is 1.66 bits per heavy atom. The first-order valence-corrected chi connectivity index (χ1v) is 9.90. The molecule has 0 unspecified atom stereocenters. The molecule has 3 atom stereocenters. The van der Waals surface area contributed by atoms with Gasteiger partial charge in [-0.3, -0.25) is 9.59 Å². The van der Waals surface area contributed by atoms with E-state index in [1.54, 1.807) is 33.1 Å². The number of carbonyl (C=O) groups is 2. The molecular formula is C20H34BN3O5. The first kappa shape index (κ1) is 24.9. The maximum absolute atomic E-state index is 12.7. The van der Waals surface area contributed by atoms with Gasteiger partial charge >= 0.3 is 7.12 Å². The average molecular weight is 407 g/mol. The lowest BCUT2D eigenvalue weighted by Crippen LogP contribution is -2.58. The third kappa shape index (κ3) is 8.43. The summed E-state index contributed by atoms with van der Waals surface area (Å²) in [5.74, 6) is -1.06. The summed E-state index contributed by atoms with van der Waals surface area (Å²) in [6.45, 7) is 7.43. The molecule has 0 aliphatic carbocycles. The van der Waals surface area contributed by atoms with Crippen LogP contribution in [0.3, 0.4) is 0 Å². The highest BCUT2D eigenvalue weighted by atomic mass is 16.5. The summed E-state index contributed by atoms with van der Waals surface area (Å²) in [5, 5.41) is 24.4. The van der Waals surface area contributed by atoms with E-state index in [1.807, 2.05) is 26.0 Å². The van der Waals surface area contributed by atoms with Crippen LogP contribution < -0.4 is 21.1 Å². The molecule has 0 fully saturated rings. The van der Waals surface area contributed by atoms with E-state index in [4.69, 9.17) is 10.5 Å². The summed E-state index contributed by atoms with van der Waals surface area (Å²) in [6.07, 6.45) is 0.715. The summed E-state index contributed by atoms with van der Waals surface area (Å²) in [4.78, 5) is 25.2. The molecule has 0 bridgehead atoms. The molecule has 0 aromatic heterocycles. The third-order valence-corrected chi connectivity index (χ3v) is 4.61. The fourth-order valence-corrected chi connectivity index (χ4v) is 2.94. The number of rotatable bonds is 11. The van der Waals surface area contributed by atoms with E-state index in [1.165, 1.54) is 0 Å². The number of nitrogens with one attached hydrogen (secondary N) is 2. The maximum Gasteiger partial charge on any atom is 0.475 e. The van der Waals surface area contributed by atoms with Crippen LogP contribution in [-0.4, -0.2) is 54.1 Å². The molecule has 0 spiro atoms. The highest BCUT2D eigenvalue weighted by molar-refractivity contribution is 6.43. The molecule has 29 heavy (non-hydrogen) atoms. The summed E-state index contributed by atoms with van der Waals surface area (Å²) < 4.78 is 5.11. The van der Waals surface area contributed by atoms with Crippen LogP contribution in [0.2, 0.25) is 0 Å². The minimum Gasteiger partial charge on any atom is -0.497 e. The number of hydrogen-bond acceptors (Lipinski definition) is 6. The van der Waals surface area contributed by atoms with Crippen molar-refractivity contribution in [2.75, 3.05) is 7.11 Å². The second-order valence-corrected chi connectivity index (χ2v) is 8.05. The van der Waals surface area contributed by atoms with Crippen LogP contribution in [0.15, 0.2) is 24.3 Å². The van der Waals surface area contributed by atoms with Gasteiger partial charge in [-0.15, -0.1) is 0 Å². The van der Waals surface area contributed by atoms with E-state index >= 15 is 0 Å². The van der Waals surface area contributed by atoms with Gasteiger partial charge in [0.2, 0.25) is 11.8 Å². The quantitative estimate of drug-likeness (QED) is 0.334. The number of benzene rings is 1. The molecule has 0 aliphatic rings. The molecule has 162 valence electrons. The number of nitrogens with two attached hydrogens (primary N) is 1. The van der Waals surface area contributed by atoms with Crippen LogP contribution in [0, 0.1) is 11.8 Å². The van der Waals surface area contributed by atoms with Gasteiger partial charge in [0.1, 0.15) is 11.8 Å². The van der Waals surface area contributed by atoms with Gasteiger partial charge in [0, 0.05) is 0 Å². The van der Waals surface area contributed by atoms with Gasteiger partial charge in [-0.25, -0.2) is 0 Å². The summed E-state index contributed by atoms with van der Waals surface area (Å²) in [5.41, 5.74) is 6.90. The summed E-state index contributed by atoms with van der Waals surface area (Å²) in [7, 11) is -0.102. The average Bonchev–Trinajstić information content (AvgIpc) is 2.64. The molecule has 0 saturated carbocycles. The Hall–Kier alpha value is -2.10. The molecule has 0 aliphatic heterocycles. The van der Waals surface area contributed by atoms with Crippen LogP contribution in [-0.2, 0) is 16.0 Å². The molecule has 2 amide bonds. The zero-order valence-electron chi connectivity index (χ0n) is 17.9. The van der Waals surface area contributed by atoms with Crippen LogP contribution in [0.5, 0.6) is 5.75 Å². The molecule has 1 rings (SSSR count). The zero-order chi connectivity index (χ0) is 22.1. The van der Waals surface area contributed by atoms with E-state index in [0.717, 1.165) is 5.56 Å². The first-order valence-electron chi connectivity index (χ1n) is 9.90. The number of methoxy groups -OCH3 is 1. The van der Waals surface area contributed by atoms with Gasteiger partial charge in [-0.05, 0) is 42.4 Å². The van der Waals surface area contributed by atoms with Crippen LogP contribution in [0.4, 0.5) is 0 Å². The smallest absolute Gasteiger partial charge is 0.475 e. The topological polar surface area (TPSA) is 134 Å². The van der Waals surface area contributed by atoms with Crippen molar-refractivity contribution in [1.82, 2.24) is 10.6 Å². The largest absolute Gasteiger partial charge is 0.497 e. The second kappa shape index (κ2) is 11.8. The standard InChI is InChI=1S/C20H34BN3O5/c1-12(2)10-17(21(27)28)23-20(26)18(13(3)4)24-19(25)16(22)11-14-6-8-15(29-5)9-7-14/h6-9,12-13,16-18,27-28H,10-11,22H2,1-5H3,(H,23,26)(H,24,25)/t16-,17-,18-/m0/s1. The highest BCUT2D eigenvalue weighted by Gasteiger charge is 2.32. The monoisotopic (exact) mass is 407 g/mol. The molecule has 0 heterocycles. The van der Waals surface area contributed by atoms with E-state index in [0.29, 0.717) is 18.6 Å².